The van der Waals surface area contributed by atoms with Crippen molar-refractivity contribution in [1.82, 2.24) is 0 Å². The van der Waals surface area contributed by atoms with Crippen LogP contribution in [0.1, 0.15) is 5.56 Å². The molecule has 0 aromatic heterocycles. The van der Waals surface area contributed by atoms with E-state index in [0.717, 1.165) is 11.8 Å². The van der Waals surface area contributed by atoms with Crippen LogP contribution in [0.5, 0.6) is 0 Å². The first-order chi connectivity index (χ1) is 7.13. The lowest BCUT2D eigenvalue weighted by Gasteiger charge is -2.13. The quantitative estimate of drug-likeness (QED) is 0.756. The van der Waals surface area contributed by atoms with Crippen molar-refractivity contribution in [2.24, 2.45) is 0 Å². The van der Waals surface area contributed by atoms with Gasteiger partial charge in [-0.3, -0.25) is 0 Å². The van der Waals surface area contributed by atoms with E-state index in [4.69, 9.17) is 10.4 Å². The molecule has 0 aliphatic rings. The number of anilines is 1. The smallest absolute Gasteiger partial charge is 0.329 e. The fourth-order valence-electron chi connectivity index (χ4n) is 1.06. The SMILES string of the molecule is CN(C=CC(=O)O)c1cccc(C#N)c1. The minimum atomic E-state index is -1.00. The van der Waals surface area contributed by atoms with E-state index >= 15 is 0 Å². The first kappa shape index (κ1) is 10.8. The van der Waals surface area contributed by atoms with E-state index in [1.807, 2.05) is 6.07 Å². The van der Waals surface area contributed by atoms with Gasteiger partial charge < -0.3 is 10.0 Å². The average Bonchev–Trinajstić information content (AvgIpc) is 2.26. The molecule has 1 rings (SSSR count). The fourth-order valence-corrected chi connectivity index (χ4v) is 1.06. The van der Waals surface area contributed by atoms with Crippen LogP contribution in [0.4, 0.5) is 5.69 Å². The highest BCUT2D eigenvalue weighted by Gasteiger charge is 1.98. The maximum Gasteiger partial charge on any atom is 0.329 e. The minimum absolute atomic E-state index is 0.545. The molecule has 4 heteroatoms. The topological polar surface area (TPSA) is 64.3 Å². The lowest BCUT2D eigenvalue weighted by Crippen LogP contribution is -2.08. The van der Waals surface area contributed by atoms with Gasteiger partial charge in [0.1, 0.15) is 0 Å². The molecule has 0 fully saturated rings. The maximum atomic E-state index is 10.3. The van der Waals surface area contributed by atoms with Gasteiger partial charge >= 0.3 is 5.97 Å². The highest BCUT2D eigenvalue weighted by atomic mass is 16.4. The first-order valence-electron chi connectivity index (χ1n) is 4.27. The molecule has 0 saturated heterocycles. The predicted molar refractivity (Wildman–Crippen MR) is 56.3 cm³/mol. The Hall–Kier alpha value is -2.28. The summed E-state index contributed by atoms with van der Waals surface area (Å²) in [5.74, 6) is -1.00. The van der Waals surface area contributed by atoms with E-state index in [-0.39, 0.29) is 0 Å². The molecule has 0 heterocycles. The van der Waals surface area contributed by atoms with Crippen molar-refractivity contribution >= 4 is 11.7 Å². The number of benzene rings is 1. The second-order valence-electron chi connectivity index (χ2n) is 2.93. The van der Waals surface area contributed by atoms with Crippen LogP contribution >= 0.6 is 0 Å². The van der Waals surface area contributed by atoms with Crippen LogP contribution in [0.2, 0.25) is 0 Å². The van der Waals surface area contributed by atoms with Crippen LogP contribution in [0.25, 0.3) is 0 Å². The lowest BCUT2D eigenvalue weighted by atomic mass is 10.2. The summed E-state index contributed by atoms with van der Waals surface area (Å²) < 4.78 is 0. The summed E-state index contributed by atoms with van der Waals surface area (Å²) >= 11 is 0. The van der Waals surface area contributed by atoms with Gasteiger partial charge in [0.05, 0.1) is 11.6 Å². The van der Waals surface area contributed by atoms with Gasteiger partial charge in [-0.1, -0.05) is 6.07 Å². The summed E-state index contributed by atoms with van der Waals surface area (Å²) in [5, 5.41) is 17.1. The van der Waals surface area contributed by atoms with Crippen LogP contribution < -0.4 is 4.90 Å². The number of carboxylic acid groups (broad SMARTS) is 1. The Morgan fingerprint density at radius 2 is 2.33 bits per heavy atom. The highest BCUT2D eigenvalue weighted by molar-refractivity contribution is 5.80. The van der Waals surface area contributed by atoms with Crippen molar-refractivity contribution < 1.29 is 9.90 Å². The van der Waals surface area contributed by atoms with E-state index in [1.165, 1.54) is 6.20 Å². The third-order valence-corrected chi connectivity index (χ3v) is 1.82. The number of aliphatic carboxylic acids is 1. The Labute approximate surface area is 87.7 Å². The summed E-state index contributed by atoms with van der Waals surface area (Å²) in [6.45, 7) is 0. The van der Waals surface area contributed by atoms with Crippen LogP contribution in [-0.4, -0.2) is 18.1 Å². The lowest BCUT2D eigenvalue weighted by molar-refractivity contribution is -0.131. The average molecular weight is 202 g/mol. The Balaban J connectivity index is 2.87. The minimum Gasteiger partial charge on any atom is -0.478 e. The van der Waals surface area contributed by atoms with E-state index in [0.29, 0.717) is 5.56 Å². The molecule has 1 N–H and O–H groups in total. The third-order valence-electron chi connectivity index (χ3n) is 1.82. The molecule has 0 atom stereocenters. The number of nitrogens with zero attached hydrogens (tertiary/aromatic N) is 2. The summed E-state index contributed by atoms with van der Waals surface area (Å²) in [4.78, 5) is 11.9. The van der Waals surface area contributed by atoms with E-state index < -0.39 is 5.97 Å². The van der Waals surface area contributed by atoms with Crippen LogP contribution in [0, 0.1) is 11.3 Å². The molecule has 0 unspecified atom stereocenters. The molecule has 0 saturated carbocycles. The molecule has 0 aliphatic heterocycles. The number of carbonyl (C=O) groups is 1. The molecular formula is C11H10N2O2. The molecule has 15 heavy (non-hydrogen) atoms. The standard InChI is InChI=1S/C11H10N2O2/c1-13(6-5-11(14)15)10-4-2-3-9(7-10)8-12/h2-7H,1H3,(H,14,15). The van der Waals surface area contributed by atoms with E-state index in [9.17, 15) is 4.79 Å². The zero-order chi connectivity index (χ0) is 11.3. The third kappa shape index (κ3) is 3.16. The molecule has 0 radical (unpaired) electrons. The van der Waals surface area contributed by atoms with Gasteiger partial charge in [0.15, 0.2) is 0 Å². The van der Waals surface area contributed by atoms with Crippen molar-refractivity contribution in [3.8, 4) is 6.07 Å². The Morgan fingerprint density at radius 3 is 2.93 bits per heavy atom. The molecular weight excluding hydrogens is 192 g/mol. The summed E-state index contributed by atoms with van der Waals surface area (Å²) in [6.07, 6.45) is 2.47. The van der Waals surface area contributed by atoms with Crippen molar-refractivity contribution in [3.63, 3.8) is 0 Å². The zero-order valence-corrected chi connectivity index (χ0v) is 8.21. The molecule has 0 spiro atoms. The van der Waals surface area contributed by atoms with Crippen LogP contribution in [-0.2, 0) is 4.79 Å². The molecule has 1 aromatic rings. The zero-order valence-electron chi connectivity index (χ0n) is 8.21. The Morgan fingerprint density at radius 1 is 1.60 bits per heavy atom. The number of nitriles is 1. The molecule has 76 valence electrons. The van der Waals surface area contributed by atoms with Gasteiger partial charge in [-0.2, -0.15) is 5.26 Å². The number of carboxylic acids is 1. The van der Waals surface area contributed by atoms with Gasteiger partial charge in [-0.25, -0.2) is 4.79 Å². The predicted octanol–water partition coefficient (Wildman–Crippen LogP) is 1.59. The van der Waals surface area contributed by atoms with Gasteiger partial charge in [-0.05, 0) is 18.2 Å². The maximum absolute atomic E-state index is 10.3. The first-order valence-corrected chi connectivity index (χ1v) is 4.27. The molecule has 0 bridgehead atoms. The summed E-state index contributed by atoms with van der Waals surface area (Å²) in [7, 11) is 1.72. The van der Waals surface area contributed by atoms with Crippen molar-refractivity contribution in [2.75, 3.05) is 11.9 Å². The molecule has 4 nitrogen and oxygen atoms in total. The molecule has 1 aromatic carbocycles. The van der Waals surface area contributed by atoms with E-state index in [1.54, 1.807) is 36.2 Å². The van der Waals surface area contributed by atoms with E-state index in [2.05, 4.69) is 0 Å². The number of hydrogen-bond acceptors (Lipinski definition) is 3. The fraction of sp³-hybridized carbons (Fsp3) is 0.0909. The second-order valence-corrected chi connectivity index (χ2v) is 2.93. The Kier molecular flexibility index (Phi) is 3.47. The van der Waals surface area contributed by atoms with Crippen molar-refractivity contribution in [2.45, 2.75) is 0 Å². The number of rotatable bonds is 3. The van der Waals surface area contributed by atoms with Crippen molar-refractivity contribution in [3.05, 3.63) is 42.1 Å². The summed E-state index contributed by atoms with van der Waals surface area (Å²) in [5.41, 5.74) is 1.31. The monoisotopic (exact) mass is 202 g/mol. The molecule has 0 aliphatic carbocycles. The largest absolute Gasteiger partial charge is 0.478 e. The van der Waals surface area contributed by atoms with Crippen molar-refractivity contribution in [1.29, 1.82) is 5.26 Å². The summed E-state index contributed by atoms with van der Waals surface area (Å²) in [6, 6.07) is 8.95. The van der Waals surface area contributed by atoms with Gasteiger partial charge in [0.25, 0.3) is 0 Å². The second kappa shape index (κ2) is 4.82. The normalized spacial score (nSPS) is 9.87. The molecule has 0 amide bonds. The Bertz CT molecular complexity index is 432. The highest BCUT2D eigenvalue weighted by Crippen LogP contribution is 2.14. The van der Waals surface area contributed by atoms with Crippen LogP contribution in [0.15, 0.2) is 36.5 Å². The van der Waals surface area contributed by atoms with Crippen LogP contribution in [0.3, 0.4) is 0 Å². The number of hydrogen-bond donors (Lipinski definition) is 1. The van der Waals surface area contributed by atoms with Gasteiger partial charge in [0, 0.05) is 25.0 Å². The van der Waals surface area contributed by atoms with Gasteiger partial charge in [-0.15, -0.1) is 0 Å². The van der Waals surface area contributed by atoms with Gasteiger partial charge in [0.2, 0.25) is 0 Å².